The van der Waals surface area contributed by atoms with Gasteiger partial charge in [-0.25, -0.2) is 4.79 Å². The number of nitrogens with two attached hydrogens (primary N) is 1. The van der Waals surface area contributed by atoms with E-state index in [9.17, 15) is 18.0 Å². The maximum Gasteiger partial charge on any atom is 0.392 e. The normalized spacial score (nSPS) is 31.0. The number of carbonyl (C=O) groups is 1. The van der Waals surface area contributed by atoms with Crippen LogP contribution in [0.5, 0.6) is 0 Å². The lowest BCUT2D eigenvalue weighted by atomic mass is 9.76. The van der Waals surface area contributed by atoms with Gasteiger partial charge in [-0.05, 0) is 44.8 Å². The zero-order valence-electron chi connectivity index (χ0n) is 15.4. The second kappa shape index (κ2) is 7.70. The molecule has 0 aromatic carbocycles. The molecule has 2 aliphatic heterocycles. The molecule has 3 unspecified atom stereocenters. The van der Waals surface area contributed by atoms with Crippen LogP contribution < -0.4 is 11.1 Å². The number of likely N-dealkylation sites (N-methyl/N-ethyl adjacent to an activating group) is 1. The van der Waals surface area contributed by atoms with Gasteiger partial charge in [-0.2, -0.15) is 13.2 Å². The fourth-order valence-electron chi connectivity index (χ4n) is 4.32. The molecule has 2 rings (SSSR count). The highest BCUT2D eigenvalue weighted by molar-refractivity contribution is 5.74. The van der Waals surface area contributed by atoms with Crippen molar-refractivity contribution >= 4 is 6.03 Å². The number of hydrogen-bond acceptors (Lipinski definition) is 3. The Morgan fingerprint density at radius 1 is 1.32 bits per heavy atom. The van der Waals surface area contributed by atoms with E-state index in [0.29, 0.717) is 6.54 Å². The van der Waals surface area contributed by atoms with Gasteiger partial charge in [-0.3, -0.25) is 0 Å². The molecule has 2 aliphatic rings. The number of piperidine rings is 2. The molecule has 0 spiro atoms. The minimum absolute atomic E-state index is 0.0631. The van der Waals surface area contributed by atoms with Crippen molar-refractivity contribution in [2.24, 2.45) is 23.0 Å². The van der Waals surface area contributed by atoms with E-state index in [1.807, 2.05) is 0 Å². The lowest BCUT2D eigenvalue weighted by molar-refractivity contribution is -0.197. The molecule has 0 radical (unpaired) electrons. The van der Waals surface area contributed by atoms with E-state index < -0.39 is 18.0 Å². The maximum absolute atomic E-state index is 13.0. The molecule has 2 fully saturated rings. The van der Waals surface area contributed by atoms with E-state index >= 15 is 0 Å². The average molecular weight is 364 g/mol. The highest BCUT2D eigenvalue weighted by Crippen LogP contribution is 2.37. The SMILES string of the molecule is CN1CCCC(C)(C)C1CNC(=O)N1CCC(C(F)(F)F)C(CN)C1. The first-order chi connectivity index (χ1) is 11.6. The van der Waals surface area contributed by atoms with Gasteiger partial charge < -0.3 is 20.9 Å². The van der Waals surface area contributed by atoms with Gasteiger partial charge >= 0.3 is 12.2 Å². The summed E-state index contributed by atoms with van der Waals surface area (Å²) < 4.78 is 39.1. The van der Waals surface area contributed by atoms with Crippen molar-refractivity contribution in [3.8, 4) is 0 Å². The summed E-state index contributed by atoms with van der Waals surface area (Å²) in [4.78, 5) is 16.2. The number of urea groups is 1. The maximum atomic E-state index is 13.0. The van der Waals surface area contributed by atoms with Crippen LogP contribution in [0.1, 0.15) is 33.1 Å². The molecular formula is C17H31F3N4O. The molecule has 25 heavy (non-hydrogen) atoms. The molecule has 5 nitrogen and oxygen atoms in total. The van der Waals surface area contributed by atoms with Crippen molar-refractivity contribution in [3.05, 3.63) is 0 Å². The van der Waals surface area contributed by atoms with E-state index in [1.54, 1.807) is 0 Å². The number of rotatable bonds is 3. The summed E-state index contributed by atoms with van der Waals surface area (Å²) in [5.41, 5.74) is 5.63. The van der Waals surface area contributed by atoms with Crippen molar-refractivity contribution in [1.29, 1.82) is 0 Å². The molecule has 8 heteroatoms. The van der Waals surface area contributed by atoms with Crippen LogP contribution in [0.3, 0.4) is 0 Å². The first-order valence-corrected chi connectivity index (χ1v) is 9.06. The Labute approximate surface area is 148 Å². The number of amides is 2. The Kier molecular flexibility index (Phi) is 6.25. The molecule has 2 saturated heterocycles. The summed E-state index contributed by atoms with van der Waals surface area (Å²) in [6.45, 7) is 6.02. The molecule has 146 valence electrons. The lowest BCUT2D eigenvalue weighted by Crippen LogP contribution is -2.57. The van der Waals surface area contributed by atoms with Crippen LogP contribution in [-0.4, -0.2) is 67.8 Å². The molecule has 3 N–H and O–H groups in total. The second-order valence-corrected chi connectivity index (χ2v) is 8.15. The zero-order valence-corrected chi connectivity index (χ0v) is 15.4. The molecule has 0 aliphatic carbocycles. The Balaban J connectivity index is 1.91. The quantitative estimate of drug-likeness (QED) is 0.808. The molecule has 2 heterocycles. The monoisotopic (exact) mass is 364 g/mol. The van der Waals surface area contributed by atoms with Crippen molar-refractivity contribution in [2.45, 2.75) is 45.3 Å². The van der Waals surface area contributed by atoms with E-state index in [1.165, 1.54) is 4.90 Å². The summed E-state index contributed by atoms with van der Waals surface area (Å²) in [7, 11) is 2.05. The number of halogens is 3. The van der Waals surface area contributed by atoms with Crippen LogP contribution in [0.4, 0.5) is 18.0 Å². The van der Waals surface area contributed by atoms with Crippen LogP contribution in [0.2, 0.25) is 0 Å². The smallest absolute Gasteiger partial charge is 0.336 e. The fourth-order valence-corrected chi connectivity index (χ4v) is 4.32. The Hall–Kier alpha value is -1.02. The zero-order chi connectivity index (χ0) is 18.8. The van der Waals surface area contributed by atoms with Crippen molar-refractivity contribution in [3.63, 3.8) is 0 Å². The highest BCUT2D eigenvalue weighted by atomic mass is 19.4. The van der Waals surface area contributed by atoms with E-state index in [2.05, 4.69) is 31.1 Å². The van der Waals surface area contributed by atoms with Gasteiger partial charge in [-0.1, -0.05) is 13.8 Å². The molecule has 3 atom stereocenters. The molecule has 0 aromatic rings. The van der Waals surface area contributed by atoms with Gasteiger partial charge in [0.05, 0.1) is 5.92 Å². The molecule has 0 saturated carbocycles. The van der Waals surface area contributed by atoms with Crippen LogP contribution in [0.15, 0.2) is 0 Å². The van der Waals surface area contributed by atoms with Crippen molar-refractivity contribution in [2.75, 3.05) is 39.8 Å². The molecule has 2 amide bonds. The lowest BCUT2D eigenvalue weighted by Gasteiger charge is -2.45. The summed E-state index contributed by atoms with van der Waals surface area (Å²) in [5, 5.41) is 2.93. The van der Waals surface area contributed by atoms with Gasteiger partial charge in [0.25, 0.3) is 0 Å². The highest BCUT2D eigenvalue weighted by Gasteiger charge is 2.47. The van der Waals surface area contributed by atoms with Gasteiger partial charge in [0.1, 0.15) is 0 Å². The third-order valence-corrected chi connectivity index (χ3v) is 5.96. The predicted octanol–water partition coefficient (Wildman–Crippen LogP) is 2.28. The van der Waals surface area contributed by atoms with Crippen LogP contribution >= 0.6 is 0 Å². The minimum atomic E-state index is -4.25. The van der Waals surface area contributed by atoms with Crippen LogP contribution in [0, 0.1) is 17.3 Å². The largest absolute Gasteiger partial charge is 0.392 e. The number of carbonyl (C=O) groups excluding carboxylic acids is 1. The summed E-state index contributed by atoms with van der Waals surface area (Å²) in [5.74, 6) is -2.14. The van der Waals surface area contributed by atoms with E-state index in [-0.39, 0.29) is 43.5 Å². The van der Waals surface area contributed by atoms with Gasteiger partial charge in [0, 0.05) is 31.6 Å². The third kappa shape index (κ3) is 4.78. The second-order valence-electron chi connectivity index (χ2n) is 8.15. The standard InChI is InChI=1S/C17H31F3N4O/c1-16(2)6-4-7-23(3)14(16)10-22-15(25)24-8-5-13(17(18,19)20)12(9-21)11-24/h12-14H,4-11,21H2,1-3H3,(H,22,25). The molecule has 0 aromatic heterocycles. The summed E-state index contributed by atoms with van der Waals surface area (Å²) >= 11 is 0. The number of alkyl halides is 3. The van der Waals surface area contributed by atoms with Crippen LogP contribution in [0.25, 0.3) is 0 Å². The van der Waals surface area contributed by atoms with Crippen molar-refractivity contribution < 1.29 is 18.0 Å². The molecule has 0 bridgehead atoms. The topological polar surface area (TPSA) is 61.6 Å². The van der Waals surface area contributed by atoms with Gasteiger partial charge in [-0.15, -0.1) is 0 Å². The average Bonchev–Trinajstić information content (AvgIpc) is 2.52. The number of likely N-dealkylation sites (tertiary alicyclic amines) is 2. The third-order valence-electron chi connectivity index (χ3n) is 5.96. The van der Waals surface area contributed by atoms with E-state index in [4.69, 9.17) is 5.73 Å². The fraction of sp³-hybridized carbons (Fsp3) is 0.941. The first kappa shape index (κ1) is 20.3. The number of nitrogens with one attached hydrogen (secondary N) is 1. The van der Waals surface area contributed by atoms with Gasteiger partial charge in [0.15, 0.2) is 0 Å². The van der Waals surface area contributed by atoms with Gasteiger partial charge in [0.2, 0.25) is 0 Å². The number of hydrogen-bond donors (Lipinski definition) is 2. The Morgan fingerprint density at radius 3 is 2.56 bits per heavy atom. The predicted molar refractivity (Wildman–Crippen MR) is 91.1 cm³/mol. The molecular weight excluding hydrogens is 333 g/mol. The summed E-state index contributed by atoms with van der Waals surface area (Å²) in [6, 6.07) is -0.0583. The minimum Gasteiger partial charge on any atom is -0.336 e. The first-order valence-electron chi connectivity index (χ1n) is 9.06. The Bertz CT molecular complexity index is 469. The van der Waals surface area contributed by atoms with E-state index in [0.717, 1.165) is 19.4 Å². The number of nitrogens with zero attached hydrogens (tertiary/aromatic N) is 2. The Morgan fingerprint density at radius 2 is 2.00 bits per heavy atom. The summed E-state index contributed by atoms with van der Waals surface area (Å²) in [6.07, 6.45) is -2.09. The van der Waals surface area contributed by atoms with Crippen LogP contribution in [-0.2, 0) is 0 Å². The van der Waals surface area contributed by atoms with Crippen molar-refractivity contribution in [1.82, 2.24) is 15.1 Å².